The van der Waals surface area contributed by atoms with Gasteiger partial charge >= 0.3 is 0 Å². The monoisotopic (exact) mass is 383 g/mol. The molecule has 29 heavy (non-hydrogen) atoms. The molecule has 0 aliphatic heterocycles. The van der Waals surface area contributed by atoms with Crippen molar-refractivity contribution in [2.75, 3.05) is 5.32 Å². The summed E-state index contributed by atoms with van der Waals surface area (Å²) in [6, 6.07) is 19.3. The van der Waals surface area contributed by atoms with Gasteiger partial charge in [-0.2, -0.15) is 9.67 Å². The highest BCUT2D eigenvalue weighted by Gasteiger charge is 2.18. The zero-order valence-electron chi connectivity index (χ0n) is 16.3. The molecule has 0 unspecified atom stereocenters. The Morgan fingerprint density at radius 3 is 2.31 bits per heavy atom. The van der Waals surface area contributed by atoms with Crippen molar-refractivity contribution in [3.05, 3.63) is 95.3 Å². The maximum absolute atomic E-state index is 13.1. The minimum Gasteiger partial charge on any atom is -0.350 e. The fourth-order valence-electron chi connectivity index (χ4n) is 2.89. The van der Waals surface area contributed by atoms with Gasteiger partial charge in [-0.3, -0.25) is 9.78 Å². The molecule has 4 aromatic rings. The SMILES string of the molecule is Cc1ccc(CNc2nc(-c3cccnc3)nn2C(=O)c2ccc(C)cc2)cc1. The van der Waals surface area contributed by atoms with Crippen LogP contribution in [0.4, 0.5) is 5.95 Å². The quantitative estimate of drug-likeness (QED) is 0.557. The summed E-state index contributed by atoms with van der Waals surface area (Å²) >= 11 is 0. The second kappa shape index (κ2) is 8.06. The molecule has 0 aliphatic rings. The number of hydrogen-bond donors (Lipinski definition) is 1. The standard InChI is InChI=1S/C23H21N5O/c1-16-5-9-18(10-6-16)14-25-23-26-21(20-4-3-13-24-15-20)27-28(23)22(29)19-11-7-17(2)8-12-19/h3-13,15H,14H2,1-2H3,(H,25,26,27). The minimum absolute atomic E-state index is 0.237. The van der Waals surface area contributed by atoms with E-state index >= 15 is 0 Å². The van der Waals surface area contributed by atoms with Crippen molar-refractivity contribution in [2.24, 2.45) is 0 Å². The number of hydrogen-bond acceptors (Lipinski definition) is 5. The first kappa shape index (κ1) is 18.6. The molecule has 0 radical (unpaired) electrons. The van der Waals surface area contributed by atoms with Gasteiger partial charge in [-0.15, -0.1) is 5.10 Å². The molecule has 0 spiro atoms. The fourth-order valence-corrected chi connectivity index (χ4v) is 2.89. The third kappa shape index (κ3) is 4.21. The van der Waals surface area contributed by atoms with E-state index in [1.807, 2.05) is 50.2 Å². The number of aromatic nitrogens is 4. The first-order valence-corrected chi connectivity index (χ1v) is 9.38. The Bertz CT molecular complexity index is 1120. The summed E-state index contributed by atoms with van der Waals surface area (Å²) in [7, 11) is 0. The Hall–Kier alpha value is -3.80. The first-order valence-electron chi connectivity index (χ1n) is 9.38. The summed E-state index contributed by atoms with van der Waals surface area (Å²) in [4.78, 5) is 21.8. The van der Waals surface area contributed by atoms with Gasteiger partial charge in [0.05, 0.1) is 0 Å². The Kier molecular flexibility index (Phi) is 5.16. The Morgan fingerprint density at radius 1 is 0.966 bits per heavy atom. The van der Waals surface area contributed by atoms with Crippen LogP contribution in [0.15, 0.2) is 73.1 Å². The Labute approximate surface area is 169 Å². The van der Waals surface area contributed by atoms with Gasteiger partial charge in [-0.1, -0.05) is 47.5 Å². The Morgan fingerprint density at radius 2 is 1.66 bits per heavy atom. The predicted octanol–water partition coefficient (Wildman–Crippen LogP) is 4.26. The molecular formula is C23H21N5O. The van der Waals surface area contributed by atoms with Crippen LogP contribution in [-0.4, -0.2) is 25.7 Å². The van der Waals surface area contributed by atoms with Crippen LogP contribution < -0.4 is 5.32 Å². The van der Waals surface area contributed by atoms with Crippen molar-refractivity contribution in [3.8, 4) is 11.4 Å². The Balaban J connectivity index is 1.67. The van der Waals surface area contributed by atoms with Gasteiger partial charge in [0.25, 0.3) is 5.91 Å². The number of anilines is 1. The van der Waals surface area contributed by atoms with Crippen molar-refractivity contribution < 1.29 is 4.79 Å². The van der Waals surface area contributed by atoms with Crippen molar-refractivity contribution in [3.63, 3.8) is 0 Å². The van der Waals surface area contributed by atoms with Gasteiger partial charge in [0.15, 0.2) is 5.82 Å². The van der Waals surface area contributed by atoms with Crippen LogP contribution in [0.25, 0.3) is 11.4 Å². The van der Waals surface area contributed by atoms with E-state index in [1.54, 1.807) is 24.5 Å². The highest BCUT2D eigenvalue weighted by Crippen LogP contribution is 2.19. The molecule has 0 fully saturated rings. The third-order valence-corrected chi connectivity index (χ3v) is 4.59. The molecule has 6 nitrogen and oxygen atoms in total. The number of nitrogens with zero attached hydrogens (tertiary/aromatic N) is 4. The minimum atomic E-state index is -0.237. The number of carbonyl (C=O) groups excluding carboxylic acids is 1. The van der Waals surface area contributed by atoms with Crippen molar-refractivity contribution in [1.82, 2.24) is 19.7 Å². The van der Waals surface area contributed by atoms with Crippen molar-refractivity contribution in [1.29, 1.82) is 0 Å². The largest absolute Gasteiger partial charge is 0.350 e. The zero-order valence-corrected chi connectivity index (χ0v) is 16.3. The smallest absolute Gasteiger partial charge is 0.281 e. The molecule has 0 bridgehead atoms. The molecule has 0 saturated carbocycles. The number of nitrogens with one attached hydrogen (secondary N) is 1. The summed E-state index contributed by atoms with van der Waals surface area (Å²) in [6.45, 7) is 4.57. The maximum Gasteiger partial charge on any atom is 0.281 e. The number of rotatable bonds is 5. The average molecular weight is 383 g/mol. The van der Waals surface area contributed by atoms with E-state index in [4.69, 9.17) is 0 Å². The molecule has 2 aromatic carbocycles. The molecule has 6 heteroatoms. The van der Waals surface area contributed by atoms with E-state index in [9.17, 15) is 4.79 Å². The molecule has 4 rings (SSSR count). The van der Waals surface area contributed by atoms with E-state index in [0.29, 0.717) is 23.9 Å². The number of benzene rings is 2. The van der Waals surface area contributed by atoms with Crippen LogP contribution in [0.5, 0.6) is 0 Å². The lowest BCUT2D eigenvalue weighted by Gasteiger charge is -2.08. The second-order valence-electron chi connectivity index (χ2n) is 6.92. The molecule has 1 N–H and O–H groups in total. The molecular weight excluding hydrogens is 362 g/mol. The summed E-state index contributed by atoms with van der Waals surface area (Å²) in [5.74, 6) is 0.610. The maximum atomic E-state index is 13.1. The summed E-state index contributed by atoms with van der Waals surface area (Å²) in [6.07, 6.45) is 3.37. The molecule has 0 atom stereocenters. The van der Waals surface area contributed by atoms with Crippen LogP contribution in [0, 0.1) is 13.8 Å². The molecule has 0 aliphatic carbocycles. The molecule has 0 saturated heterocycles. The normalized spacial score (nSPS) is 10.7. The van der Waals surface area contributed by atoms with Crippen LogP contribution in [0.1, 0.15) is 27.0 Å². The lowest BCUT2D eigenvalue weighted by atomic mass is 10.1. The molecule has 144 valence electrons. The highest BCUT2D eigenvalue weighted by molar-refractivity contribution is 5.97. The van der Waals surface area contributed by atoms with Crippen LogP contribution >= 0.6 is 0 Å². The van der Waals surface area contributed by atoms with Gasteiger partial charge in [0.1, 0.15) is 0 Å². The lowest BCUT2D eigenvalue weighted by Crippen LogP contribution is -2.17. The fraction of sp³-hybridized carbons (Fsp3) is 0.130. The summed E-state index contributed by atoms with van der Waals surface area (Å²) in [5, 5.41) is 7.71. The van der Waals surface area contributed by atoms with E-state index in [1.165, 1.54) is 10.2 Å². The van der Waals surface area contributed by atoms with Crippen molar-refractivity contribution in [2.45, 2.75) is 20.4 Å². The van der Waals surface area contributed by atoms with E-state index < -0.39 is 0 Å². The number of pyridine rings is 1. The van der Waals surface area contributed by atoms with Crippen LogP contribution in [-0.2, 0) is 6.54 Å². The molecule has 2 aromatic heterocycles. The van der Waals surface area contributed by atoms with Crippen LogP contribution in [0.3, 0.4) is 0 Å². The summed E-state index contributed by atoms with van der Waals surface area (Å²) in [5.41, 5.74) is 4.69. The molecule has 2 heterocycles. The summed E-state index contributed by atoms with van der Waals surface area (Å²) < 4.78 is 1.32. The van der Waals surface area contributed by atoms with Gasteiger partial charge < -0.3 is 5.32 Å². The topological polar surface area (TPSA) is 72.7 Å². The second-order valence-corrected chi connectivity index (χ2v) is 6.92. The van der Waals surface area contributed by atoms with Gasteiger partial charge in [0, 0.05) is 30.1 Å². The van der Waals surface area contributed by atoms with Gasteiger partial charge in [0.2, 0.25) is 5.95 Å². The van der Waals surface area contributed by atoms with E-state index in [-0.39, 0.29) is 5.91 Å². The number of aryl methyl sites for hydroxylation is 2. The molecule has 0 amide bonds. The highest BCUT2D eigenvalue weighted by atomic mass is 16.2. The van der Waals surface area contributed by atoms with Crippen molar-refractivity contribution >= 4 is 11.9 Å². The van der Waals surface area contributed by atoms with Crippen LogP contribution in [0.2, 0.25) is 0 Å². The van der Waals surface area contributed by atoms with E-state index in [0.717, 1.165) is 16.7 Å². The lowest BCUT2D eigenvalue weighted by molar-refractivity contribution is 0.0947. The first-order chi connectivity index (χ1) is 14.1. The predicted molar refractivity (Wildman–Crippen MR) is 113 cm³/mol. The van der Waals surface area contributed by atoms with Gasteiger partial charge in [-0.25, -0.2) is 0 Å². The average Bonchev–Trinajstić information content (AvgIpc) is 3.18. The third-order valence-electron chi connectivity index (χ3n) is 4.59. The van der Waals surface area contributed by atoms with Gasteiger partial charge in [-0.05, 0) is 43.7 Å². The van der Waals surface area contributed by atoms with E-state index in [2.05, 4.69) is 32.5 Å². The number of carbonyl (C=O) groups is 1. The zero-order chi connectivity index (χ0) is 20.2.